The summed E-state index contributed by atoms with van der Waals surface area (Å²) in [6.45, 7) is 8.38. The lowest BCUT2D eigenvalue weighted by Gasteiger charge is -2.20. The minimum Gasteiger partial charge on any atom is -0.489 e. The average Bonchev–Trinajstić information content (AvgIpc) is 2.80. The van der Waals surface area contributed by atoms with Crippen LogP contribution in [0.2, 0.25) is 0 Å². The Morgan fingerprint density at radius 2 is 2.00 bits per heavy atom. The van der Waals surface area contributed by atoms with Crippen molar-refractivity contribution >= 4 is 11.6 Å². The third kappa shape index (κ3) is 5.43. The van der Waals surface area contributed by atoms with Gasteiger partial charge in [0, 0.05) is 24.8 Å². The van der Waals surface area contributed by atoms with Gasteiger partial charge in [0.05, 0.1) is 6.54 Å². The molecule has 1 N–H and O–H groups in total. The largest absolute Gasteiger partial charge is 0.489 e. The molecule has 0 unspecified atom stereocenters. The Bertz CT molecular complexity index is 506. The zero-order chi connectivity index (χ0) is 15.8. The first-order valence-electron chi connectivity index (χ1n) is 8.04. The minimum absolute atomic E-state index is 0.176. The monoisotopic (exact) mass is 302 g/mol. The Kier molecular flexibility index (Phi) is 6.31. The van der Waals surface area contributed by atoms with Gasteiger partial charge in [-0.3, -0.25) is 4.79 Å². The van der Waals surface area contributed by atoms with Crippen LogP contribution in [0.4, 0.5) is 5.69 Å². The fourth-order valence-electron chi connectivity index (χ4n) is 2.51. The highest BCUT2D eigenvalue weighted by Crippen LogP contribution is 2.18. The van der Waals surface area contributed by atoms with Gasteiger partial charge < -0.3 is 15.0 Å². The summed E-state index contributed by atoms with van der Waals surface area (Å²) in [7, 11) is 0. The lowest BCUT2D eigenvalue weighted by Crippen LogP contribution is -2.36. The highest BCUT2D eigenvalue weighted by atomic mass is 16.5. The molecule has 1 aromatic rings. The maximum absolute atomic E-state index is 12.2. The summed E-state index contributed by atoms with van der Waals surface area (Å²) in [5.41, 5.74) is 1.89. The molecular weight excluding hydrogens is 276 g/mol. The fraction of sp³-hybridized carbons (Fsp3) is 0.500. The normalized spacial score (nSPS) is 15.0. The quantitative estimate of drug-likeness (QED) is 0.818. The average molecular weight is 302 g/mol. The molecule has 0 spiro atoms. The van der Waals surface area contributed by atoms with Gasteiger partial charge in [0.2, 0.25) is 5.91 Å². The molecule has 1 aliphatic rings. The first-order chi connectivity index (χ1) is 10.6. The van der Waals surface area contributed by atoms with Gasteiger partial charge in [-0.25, -0.2) is 0 Å². The molecule has 0 aromatic heterocycles. The second-order valence-electron chi connectivity index (χ2n) is 5.92. The zero-order valence-corrected chi connectivity index (χ0v) is 13.4. The van der Waals surface area contributed by atoms with Crippen LogP contribution >= 0.6 is 0 Å². The number of benzene rings is 1. The molecule has 0 saturated carbocycles. The van der Waals surface area contributed by atoms with Crippen molar-refractivity contribution in [2.24, 2.45) is 0 Å². The Hall–Kier alpha value is -1.97. The number of rotatable bonds is 6. The molecule has 0 bridgehead atoms. The first kappa shape index (κ1) is 16.4. The number of carbonyl (C=O) groups is 1. The Morgan fingerprint density at radius 1 is 1.27 bits per heavy atom. The predicted molar refractivity (Wildman–Crippen MR) is 90.3 cm³/mol. The van der Waals surface area contributed by atoms with Crippen LogP contribution in [0.25, 0.3) is 0 Å². The number of hydrogen-bond acceptors (Lipinski definition) is 3. The van der Waals surface area contributed by atoms with E-state index in [-0.39, 0.29) is 5.91 Å². The van der Waals surface area contributed by atoms with Crippen LogP contribution < -0.4 is 10.1 Å². The van der Waals surface area contributed by atoms with Crippen LogP contribution in [0.5, 0.6) is 5.75 Å². The van der Waals surface area contributed by atoms with Crippen LogP contribution in [0, 0.1) is 0 Å². The SMILES string of the molecule is C=C(C)COc1cccc(NCC(=O)N2CCCCCC2)c1. The lowest BCUT2D eigenvalue weighted by molar-refractivity contribution is -0.129. The maximum atomic E-state index is 12.2. The summed E-state index contributed by atoms with van der Waals surface area (Å²) in [6.07, 6.45) is 4.71. The van der Waals surface area contributed by atoms with Gasteiger partial charge in [-0.05, 0) is 37.5 Å². The van der Waals surface area contributed by atoms with E-state index >= 15 is 0 Å². The van der Waals surface area contributed by atoms with Gasteiger partial charge in [-0.15, -0.1) is 0 Å². The van der Waals surface area contributed by atoms with Crippen molar-refractivity contribution in [1.82, 2.24) is 4.90 Å². The number of likely N-dealkylation sites (tertiary alicyclic amines) is 1. The molecule has 0 aliphatic carbocycles. The van der Waals surface area contributed by atoms with E-state index in [0.717, 1.165) is 42.9 Å². The van der Waals surface area contributed by atoms with E-state index in [4.69, 9.17) is 4.74 Å². The minimum atomic E-state index is 0.176. The smallest absolute Gasteiger partial charge is 0.241 e. The van der Waals surface area contributed by atoms with Crippen molar-refractivity contribution in [2.45, 2.75) is 32.6 Å². The second-order valence-corrected chi connectivity index (χ2v) is 5.92. The van der Waals surface area contributed by atoms with Crippen LogP contribution in [-0.2, 0) is 4.79 Å². The van der Waals surface area contributed by atoms with E-state index in [1.165, 1.54) is 12.8 Å². The van der Waals surface area contributed by atoms with Crippen molar-refractivity contribution in [3.63, 3.8) is 0 Å². The van der Waals surface area contributed by atoms with Gasteiger partial charge in [0.15, 0.2) is 0 Å². The summed E-state index contributed by atoms with van der Waals surface area (Å²) in [5.74, 6) is 0.963. The van der Waals surface area contributed by atoms with Gasteiger partial charge in [0.25, 0.3) is 0 Å². The third-order valence-corrected chi connectivity index (χ3v) is 3.72. The summed E-state index contributed by atoms with van der Waals surface area (Å²) < 4.78 is 5.61. The Balaban J connectivity index is 1.83. The van der Waals surface area contributed by atoms with Crippen molar-refractivity contribution in [3.05, 3.63) is 36.4 Å². The van der Waals surface area contributed by atoms with E-state index in [1.807, 2.05) is 36.1 Å². The van der Waals surface area contributed by atoms with Gasteiger partial charge in [0.1, 0.15) is 12.4 Å². The molecule has 1 aromatic carbocycles. The highest BCUT2D eigenvalue weighted by molar-refractivity contribution is 5.81. The van der Waals surface area contributed by atoms with E-state index < -0.39 is 0 Å². The fourth-order valence-corrected chi connectivity index (χ4v) is 2.51. The summed E-state index contributed by atoms with van der Waals surface area (Å²) in [6, 6.07) is 7.69. The lowest BCUT2D eigenvalue weighted by atomic mass is 10.2. The number of carbonyl (C=O) groups excluding carboxylic acids is 1. The molecule has 4 heteroatoms. The van der Waals surface area contributed by atoms with Crippen LogP contribution in [-0.4, -0.2) is 37.0 Å². The summed E-state index contributed by atoms with van der Waals surface area (Å²) in [4.78, 5) is 14.2. The number of hydrogen-bond donors (Lipinski definition) is 1. The molecule has 1 saturated heterocycles. The Morgan fingerprint density at radius 3 is 2.68 bits per heavy atom. The second kappa shape index (κ2) is 8.47. The van der Waals surface area contributed by atoms with Gasteiger partial charge in [-0.1, -0.05) is 25.5 Å². The van der Waals surface area contributed by atoms with E-state index in [9.17, 15) is 4.79 Å². The van der Waals surface area contributed by atoms with Crippen molar-refractivity contribution < 1.29 is 9.53 Å². The first-order valence-corrected chi connectivity index (χ1v) is 8.04. The maximum Gasteiger partial charge on any atom is 0.241 e. The third-order valence-electron chi connectivity index (χ3n) is 3.72. The summed E-state index contributed by atoms with van der Waals surface area (Å²) in [5, 5.41) is 3.20. The molecule has 2 rings (SSSR count). The highest BCUT2D eigenvalue weighted by Gasteiger charge is 2.14. The van der Waals surface area contributed by atoms with Crippen LogP contribution in [0.1, 0.15) is 32.6 Å². The number of nitrogens with zero attached hydrogens (tertiary/aromatic N) is 1. The number of amides is 1. The predicted octanol–water partition coefficient (Wildman–Crippen LogP) is 3.46. The molecule has 0 radical (unpaired) electrons. The molecule has 0 atom stereocenters. The van der Waals surface area contributed by atoms with E-state index in [1.54, 1.807) is 0 Å². The molecule has 120 valence electrons. The van der Waals surface area contributed by atoms with Gasteiger partial charge in [-0.2, -0.15) is 0 Å². The molecule has 1 amide bonds. The van der Waals surface area contributed by atoms with Gasteiger partial charge >= 0.3 is 0 Å². The zero-order valence-electron chi connectivity index (χ0n) is 13.4. The van der Waals surface area contributed by atoms with E-state index in [2.05, 4.69) is 11.9 Å². The number of ether oxygens (including phenoxy) is 1. The number of nitrogens with one attached hydrogen (secondary N) is 1. The van der Waals surface area contributed by atoms with Crippen LogP contribution in [0.15, 0.2) is 36.4 Å². The molecule has 22 heavy (non-hydrogen) atoms. The molecular formula is C18H26N2O2. The molecule has 4 nitrogen and oxygen atoms in total. The molecule has 1 fully saturated rings. The molecule has 1 heterocycles. The standard InChI is InChI=1S/C18H26N2O2/c1-15(2)14-22-17-9-7-8-16(12-17)19-13-18(21)20-10-5-3-4-6-11-20/h7-9,12,19H,1,3-6,10-11,13-14H2,2H3. The number of anilines is 1. The Labute approximate surface area is 133 Å². The van der Waals surface area contributed by atoms with Crippen LogP contribution in [0.3, 0.4) is 0 Å². The molecule has 1 aliphatic heterocycles. The van der Waals surface area contributed by atoms with Crippen molar-refractivity contribution in [3.8, 4) is 5.75 Å². The summed E-state index contributed by atoms with van der Waals surface area (Å²) >= 11 is 0. The van der Waals surface area contributed by atoms with Crippen molar-refractivity contribution in [2.75, 3.05) is 31.6 Å². The topological polar surface area (TPSA) is 41.6 Å². The van der Waals surface area contributed by atoms with E-state index in [0.29, 0.717) is 13.2 Å². The van der Waals surface area contributed by atoms with Crippen molar-refractivity contribution in [1.29, 1.82) is 0 Å².